The van der Waals surface area contributed by atoms with Gasteiger partial charge in [-0.2, -0.15) is 0 Å². The molecule has 1 spiro atoms. The minimum Gasteiger partial charge on any atom is -0.0648 e. The molecule has 7 atom stereocenters. The fraction of sp³-hybridized carbons (Fsp3) is 1.00. The highest BCUT2D eigenvalue weighted by atomic mass is 14.8. The first kappa shape index (κ1) is 9.97. The lowest BCUT2D eigenvalue weighted by atomic mass is 9.56. The highest BCUT2D eigenvalue weighted by Gasteiger charge is 2.75. The van der Waals surface area contributed by atoms with Crippen molar-refractivity contribution in [1.29, 1.82) is 0 Å². The molecule has 0 aliphatic heterocycles. The van der Waals surface area contributed by atoms with E-state index in [1.165, 1.54) is 18.8 Å². The van der Waals surface area contributed by atoms with E-state index < -0.39 is 0 Å². The first-order chi connectivity index (χ1) is 7.66. The second-order valence-corrected chi connectivity index (χ2v) is 7.61. The quantitative estimate of drug-likeness (QED) is 0.608. The molecule has 16 heavy (non-hydrogen) atoms. The summed E-state index contributed by atoms with van der Waals surface area (Å²) in [5, 5.41) is 0. The van der Waals surface area contributed by atoms with Gasteiger partial charge in [0.1, 0.15) is 0 Å². The molecule has 5 aliphatic rings. The van der Waals surface area contributed by atoms with Crippen molar-refractivity contribution in [3.05, 3.63) is 0 Å². The molecule has 0 amide bonds. The molecule has 5 rings (SSSR count). The first-order valence-corrected chi connectivity index (χ1v) is 7.66. The Hall–Kier alpha value is 0. The Labute approximate surface area is 100 Å². The Balaban J connectivity index is 1.74. The predicted molar refractivity (Wildman–Crippen MR) is 67.0 cm³/mol. The average molecular weight is 218 g/mol. The van der Waals surface area contributed by atoms with Crippen LogP contribution in [0, 0.1) is 40.4 Å². The fourth-order valence-electron chi connectivity index (χ4n) is 7.01. The highest BCUT2D eigenvalue weighted by molar-refractivity contribution is 5.23. The van der Waals surface area contributed by atoms with Crippen molar-refractivity contribution >= 4 is 0 Å². The van der Waals surface area contributed by atoms with E-state index >= 15 is 0 Å². The van der Waals surface area contributed by atoms with Crippen LogP contribution in [0.25, 0.3) is 0 Å². The standard InChI is InChI=1S/C16H26/c1-4-16-10(2)5-7-15-8-6-12(9-15)14(15)13(16)11(16)3/h10-14H,4-9H2,1-3H3. The molecular weight excluding hydrogens is 192 g/mol. The lowest BCUT2D eigenvalue weighted by Crippen LogP contribution is -2.41. The van der Waals surface area contributed by atoms with E-state index in [0.29, 0.717) is 0 Å². The van der Waals surface area contributed by atoms with Crippen LogP contribution in [0.15, 0.2) is 0 Å². The van der Waals surface area contributed by atoms with Gasteiger partial charge in [-0.25, -0.2) is 0 Å². The van der Waals surface area contributed by atoms with Gasteiger partial charge in [0.25, 0.3) is 0 Å². The molecule has 90 valence electrons. The van der Waals surface area contributed by atoms with Crippen molar-refractivity contribution in [1.82, 2.24) is 0 Å². The summed E-state index contributed by atoms with van der Waals surface area (Å²) in [7, 11) is 0. The maximum Gasteiger partial charge on any atom is -0.0212 e. The fourth-order valence-corrected chi connectivity index (χ4v) is 7.01. The molecule has 0 heteroatoms. The topological polar surface area (TPSA) is 0 Å². The van der Waals surface area contributed by atoms with Crippen molar-refractivity contribution in [2.75, 3.05) is 0 Å². The molecule has 5 fully saturated rings. The lowest BCUT2D eigenvalue weighted by Gasteiger charge is -2.48. The monoisotopic (exact) mass is 218 g/mol. The zero-order valence-electron chi connectivity index (χ0n) is 11.1. The largest absolute Gasteiger partial charge is 0.0648 e. The van der Waals surface area contributed by atoms with Gasteiger partial charge in [-0.3, -0.25) is 0 Å². The van der Waals surface area contributed by atoms with Crippen LogP contribution in [-0.2, 0) is 0 Å². The number of rotatable bonds is 1. The lowest BCUT2D eigenvalue weighted by molar-refractivity contribution is 0.00242. The van der Waals surface area contributed by atoms with Crippen molar-refractivity contribution in [3.63, 3.8) is 0 Å². The second kappa shape index (κ2) is 2.70. The van der Waals surface area contributed by atoms with E-state index in [-0.39, 0.29) is 0 Å². The Morgan fingerprint density at radius 1 is 1.06 bits per heavy atom. The zero-order chi connectivity index (χ0) is 11.1. The molecule has 0 heterocycles. The van der Waals surface area contributed by atoms with Crippen LogP contribution in [0.3, 0.4) is 0 Å². The molecule has 0 saturated heterocycles. The van der Waals surface area contributed by atoms with Crippen LogP contribution in [0.1, 0.15) is 59.3 Å². The molecule has 5 saturated carbocycles. The molecule has 0 radical (unpaired) electrons. The van der Waals surface area contributed by atoms with Crippen LogP contribution in [0.5, 0.6) is 0 Å². The number of fused-ring (bicyclic) bond motifs is 2. The molecule has 0 nitrogen and oxygen atoms in total. The maximum atomic E-state index is 2.57. The molecule has 7 unspecified atom stereocenters. The highest BCUT2D eigenvalue weighted by Crippen LogP contribution is 2.81. The molecular formula is C16H26. The van der Waals surface area contributed by atoms with E-state index in [1.807, 2.05) is 0 Å². The minimum absolute atomic E-state index is 0.787. The summed E-state index contributed by atoms with van der Waals surface area (Å²) < 4.78 is 0. The summed E-state index contributed by atoms with van der Waals surface area (Å²) in [6.45, 7) is 7.60. The third-order valence-corrected chi connectivity index (χ3v) is 7.79. The van der Waals surface area contributed by atoms with Crippen molar-refractivity contribution in [2.24, 2.45) is 40.4 Å². The summed E-state index contributed by atoms with van der Waals surface area (Å²) in [4.78, 5) is 0. The van der Waals surface area contributed by atoms with Crippen LogP contribution < -0.4 is 0 Å². The number of hydrogen-bond donors (Lipinski definition) is 0. The number of hydrogen-bond acceptors (Lipinski definition) is 0. The van der Waals surface area contributed by atoms with Gasteiger partial charge in [0.2, 0.25) is 0 Å². The molecule has 0 aromatic carbocycles. The van der Waals surface area contributed by atoms with Gasteiger partial charge in [0.15, 0.2) is 0 Å². The molecule has 0 aromatic rings. The first-order valence-electron chi connectivity index (χ1n) is 7.66. The van der Waals surface area contributed by atoms with Gasteiger partial charge in [0.05, 0.1) is 0 Å². The zero-order valence-corrected chi connectivity index (χ0v) is 11.1. The normalized spacial score (nSPS) is 66.6. The summed E-state index contributed by atoms with van der Waals surface area (Å²) in [6, 6.07) is 0. The second-order valence-electron chi connectivity index (χ2n) is 7.61. The summed E-state index contributed by atoms with van der Waals surface area (Å²) in [5.41, 5.74) is 1.65. The van der Waals surface area contributed by atoms with Gasteiger partial charge in [0, 0.05) is 0 Å². The SMILES string of the molecule is CCC12C(C)CCC34CCC(C3)C4C1C2C. The van der Waals surface area contributed by atoms with Gasteiger partial charge in [-0.15, -0.1) is 0 Å². The Kier molecular flexibility index (Phi) is 1.68. The van der Waals surface area contributed by atoms with Crippen LogP contribution in [-0.4, -0.2) is 0 Å². The summed E-state index contributed by atoms with van der Waals surface area (Å²) in [5.74, 6) is 5.53. The van der Waals surface area contributed by atoms with Crippen LogP contribution >= 0.6 is 0 Å². The van der Waals surface area contributed by atoms with E-state index in [1.54, 1.807) is 25.7 Å². The summed E-state index contributed by atoms with van der Waals surface area (Å²) >= 11 is 0. The van der Waals surface area contributed by atoms with Gasteiger partial charge in [-0.1, -0.05) is 20.8 Å². The average Bonchev–Trinajstić information content (AvgIpc) is 2.67. The van der Waals surface area contributed by atoms with Crippen LogP contribution in [0.4, 0.5) is 0 Å². The van der Waals surface area contributed by atoms with Crippen molar-refractivity contribution in [3.8, 4) is 0 Å². The van der Waals surface area contributed by atoms with E-state index in [9.17, 15) is 0 Å². The van der Waals surface area contributed by atoms with Gasteiger partial charge >= 0.3 is 0 Å². The van der Waals surface area contributed by atoms with E-state index in [2.05, 4.69) is 20.8 Å². The maximum absolute atomic E-state index is 2.57. The van der Waals surface area contributed by atoms with Crippen molar-refractivity contribution in [2.45, 2.75) is 59.3 Å². The van der Waals surface area contributed by atoms with E-state index in [0.717, 1.165) is 34.5 Å². The Morgan fingerprint density at radius 3 is 2.50 bits per heavy atom. The minimum atomic E-state index is 0.787. The van der Waals surface area contributed by atoms with Gasteiger partial charge in [-0.05, 0) is 78.9 Å². The van der Waals surface area contributed by atoms with Crippen LogP contribution in [0.2, 0.25) is 0 Å². The molecule has 2 bridgehead atoms. The third kappa shape index (κ3) is 0.811. The molecule has 0 aromatic heterocycles. The molecule has 5 aliphatic carbocycles. The molecule has 0 N–H and O–H groups in total. The smallest absolute Gasteiger partial charge is 0.0212 e. The predicted octanol–water partition coefficient (Wildman–Crippen LogP) is 4.49. The van der Waals surface area contributed by atoms with E-state index in [4.69, 9.17) is 0 Å². The summed E-state index contributed by atoms with van der Waals surface area (Å²) in [6.07, 6.45) is 9.38. The Bertz CT molecular complexity index is 329. The van der Waals surface area contributed by atoms with Crippen molar-refractivity contribution < 1.29 is 0 Å². The Morgan fingerprint density at radius 2 is 1.81 bits per heavy atom. The van der Waals surface area contributed by atoms with Gasteiger partial charge < -0.3 is 0 Å². The third-order valence-electron chi connectivity index (χ3n) is 7.79.